The maximum absolute atomic E-state index is 12.7. The summed E-state index contributed by atoms with van der Waals surface area (Å²) in [4.78, 5) is 47.8. The molecule has 0 aromatic rings. The minimum Gasteiger partial charge on any atom is -0.462 e. The van der Waals surface area contributed by atoms with Crippen LogP contribution >= 0.6 is 7.82 Å². The van der Waals surface area contributed by atoms with Gasteiger partial charge < -0.3 is 34.8 Å². The molecule has 1 aliphatic carbocycles. The molecule has 7 atom stereocenters. The third-order valence-electron chi connectivity index (χ3n) is 11.4. The van der Waals surface area contributed by atoms with E-state index in [0.29, 0.717) is 32.1 Å². The van der Waals surface area contributed by atoms with Crippen LogP contribution in [0.5, 0.6) is 0 Å². The van der Waals surface area contributed by atoms with Gasteiger partial charge in [0, 0.05) is 31.1 Å². The van der Waals surface area contributed by atoms with Crippen LogP contribution in [0, 0.1) is 17.8 Å². The van der Waals surface area contributed by atoms with E-state index in [1.54, 1.807) is 12.2 Å². The normalized spacial score (nSPS) is 19.4. The molecule has 0 heterocycles. The minimum atomic E-state index is -4.68. The van der Waals surface area contributed by atoms with Crippen LogP contribution in [-0.2, 0) is 37.5 Å². The number of Topliss-reactive ketones (excluding diaryl/α,β-unsaturated/α-hetero) is 1. The first kappa shape index (κ1) is 58.1. The number of esters is 2. The molecule has 0 radical (unpaired) electrons. The fraction of sp³-hybridized carbons (Fsp3) is 0.854. The smallest absolute Gasteiger partial charge is 0.462 e. The topological polar surface area (TPSA) is 206 Å². The fourth-order valence-corrected chi connectivity index (χ4v) is 8.36. The van der Waals surface area contributed by atoms with Crippen molar-refractivity contribution in [2.45, 2.75) is 219 Å². The number of ether oxygens (including phenoxy) is 2. The Morgan fingerprint density at radius 3 is 1.87 bits per heavy atom. The molecule has 0 aliphatic heterocycles. The Morgan fingerprint density at radius 1 is 0.742 bits per heavy atom. The quantitative estimate of drug-likeness (QED) is 0.0168. The molecule has 1 rings (SSSR count). The third kappa shape index (κ3) is 31.8. The highest BCUT2D eigenvalue weighted by Gasteiger charge is 2.39. The van der Waals surface area contributed by atoms with Crippen LogP contribution in [0.2, 0.25) is 0 Å². The van der Waals surface area contributed by atoms with Gasteiger partial charge in [0.05, 0.1) is 32.0 Å². The highest BCUT2D eigenvalue weighted by Crippen LogP contribution is 2.43. The summed E-state index contributed by atoms with van der Waals surface area (Å²) in [7, 11) is -4.68. The van der Waals surface area contributed by atoms with Gasteiger partial charge >= 0.3 is 19.8 Å². The number of aliphatic hydroxyl groups is 4. The second-order valence-electron chi connectivity index (χ2n) is 17.7. The van der Waals surface area contributed by atoms with E-state index in [1.165, 1.54) is 83.5 Å². The van der Waals surface area contributed by atoms with Gasteiger partial charge in [-0.1, -0.05) is 167 Å². The largest absolute Gasteiger partial charge is 0.472 e. The molecule has 62 heavy (non-hydrogen) atoms. The molecular weight excluding hydrogens is 815 g/mol. The van der Waals surface area contributed by atoms with Crippen molar-refractivity contribution in [3.63, 3.8) is 0 Å². The zero-order valence-electron chi connectivity index (χ0n) is 38.7. The van der Waals surface area contributed by atoms with E-state index in [0.717, 1.165) is 44.4 Å². The van der Waals surface area contributed by atoms with Crippen molar-refractivity contribution < 1.29 is 62.8 Å². The van der Waals surface area contributed by atoms with Crippen molar-refractivity contribution in [3.05, 3.63) is 24.3 Å². The summed E-state index contributed by atoms with van der Waals surface area (Å²) in [6.07, 6.45) is 29.4. The van der Waals surface area contributed by atoms with Gasteiger partial charge in [-0.2, -0.15) is 0 Å². The minimum absolute atomic E-state index is 0.0165. The van der Waals surface area contributed by atoms with Crippen LogP contribution in [-0.4, -0.2) is 93.9 Å². The maximum Gasteiger partial charge on any atom is 0.472 e. The number of allylic oxidation sites excluding steroid dienone is 2. The average molecular weight is 903 g/mol. The van der Waals surface area contributed by atoms with E-state index in [2.05, 4.69) is 25.3 Å². The summed E-state index contributed by atoms with van der Waals surface area (Å²) in [6.45, 7) is 4.34. The maximum atomic E-state index is 12.7. The molecule has 0 bridgehead atoms. The van der Waals surface area contributed by atoms with E-state index in [-0.39, 0.29) is 36.9 Å². The van der Waals surface area contributed by atoms with E-state index in [4.69, 9.17) is 19.1 Å². The second-order valence-corrected chi connectivity index (χ2v) is 19.2. The molecule has 5 N–H and O–H groups in total. The zero-order valence-corrected chi connectivity index (χ0v) is 39.6. The SMILES string of the molecule is CCCCC[C@H](O)/C=C/[C@H]1[C@H](O)CC(=O)[C@@H]1C/C=C\CCCC(=O)OC[C@H](COP(=O)(O)OC[C@@H](O)CO)OC(=O)CCCCCCCCCCCCCCCCCCC(C)C. The Balaban J connectivity index is 2.39. The lowest BCUT2D eigenvalue weighted by atomic mass is 9.90. The van der Waals surface area contributed by atoms with E-state index < -0.39 is 70.6 Å². The first-order valence-corrected chi connectivity index (χ1v) is 25.7. The average Bonchev–Trinajstić information content (AvgIpc) is 3.51. The molecule has 1 aliphatic rings. The van der Waals surface area contributed by atoms with Gasteiger partial charge in [0.15, 0.2) is 6.10 Å². The van der Waals surface area contributed by atoms with Gasteiger partial charge in [-0.3, -0.25) is 23.4 Å². The van der Waals surface area contributed by atoms with Crippen LogP contribution < -0.4 is 0 Å². The summed E-state index contributed by atoms with van der Waals surface area (Å²) >= 11 is 0. The van der Waals surface area contributed by atoms with Gasteiger partial charge in [0.1, 0.15) is 18.5 Å². The molecule has 0 spiro atoms. The number of carbonyl (C=O) groups excluding carboxylic acids is 3. The highest BCUT2D eigenvalue weighted by atomic mass is 31.2. The number of phosphoric acid groups is 1. The van der Waals surface area contributed by atoms with Crippen LogP contribution in [0.25, 0.3) is 0 Å². The van der Waals surface area contributed by atoms with Gasteiger partial charge in [-0.05, 0) is 38.0 Å². The number of carbonyl (C=O) groups is 3. The van der Waals surface area contributed by atoms with E-state index >= 15 is 0 Å². The number of aliphatic hydroxyl groups excluding tert-OH is 4. The number of hydrogen-bond donors (Lipinski definition) is 5. The Morgan fingerprint density at radius 2 is 1.29 bits per heavy atom. The summed E-state index contributed by atoms with van der Waals surface area (Å²) in [5.74, 6) is -1.05. The lowest BCUT2D eigenvalue weighted by Crippen LogP contribution is -2.29. The first-order chi connectivity index (χ1) is 29.8. The van der Waals surface area contributed by atoms with Crippen LogP contribution in [0.15, 0.2) is 24.3 Å². The molecular formula is C48H87O13P. The predicted molar refractivity (Wildman–Crippen MR) is 243 cm³/mol. The molecule has 0 aromatic heterocycles. The number of unbranched alkanes of at least 4 members (excludes halogenated alkanes) is 18. The lowest BCUT2D eigenvalue weighted by Gasteiger charge is -2.20. The van der Waals surface area contributed by atoms with Crippen LogP contribution in [0.1, 0.15) is 194 Å². The van der Waals surface area contributed by atoms with E-state index in [9.17, 15) is 39.2 Å². The number of hydrogen-bond acceptors (Lipinski definition) is 12. The summed E-state index contributed by atoms with van der Waals surface area (Å²) < 4.78 is 32.8. The van der Waals surface area contributed by atoms with Crippen LogP contribution in [0.4, 0.5) is 0 Å². The van der Waals surface area contributed by atoms with Gasteiger partial charge in [0.25, 0.3) is 0 Å². The molecule has 14 heteroatoms. The van der Waals surface area contributed by atoms with Gasteiger partial charge in [0.2, 0.25) is 0 Å². The summed E-state index contributed by atoms with van der Waals surface area (Å²) in [6, 6.07) is 0. The molecule has 0 saturated heterocycles. The molecule has 1 unspecified atom stereocenters. The van der Waals surface area contributed by atoms with Crippen molar-refractivity contribution >= 4 is 25.5 Å². The summed E-state index contributed by atoms with van der Waals surface area (Å²) in [5, 5.41) is 39.1. The van der Waals surface area contributed by atoms with E-state index in [1.807, 2.05) is 12.2 Å². The number of rotatable bonds is 41. The van der Waals surface area contributed by atoms with Gasteiger partial charge in [-0.25, -0.2) is 4.57 Å². The van der Waals surface area contributed by atoms with Crippen LogP contribution in [0.3, 0.4) is 0 Å². The van der Waals surface area contributed by atoms with Crippen molar-refractivity contribution in [3.8, 4) is 0 Å². The Labute approximate surface area is 374 Å². The lowest BCUT2D eigenvalue weighted by molar-refractivity contribution is -0.161. The first-order valence-electron chi connectivity index (χ1n) is 24.3. The zero-order chi connectivity index (χ0) is 45.9. The molecule has 13 nitrogen and oxygen atoms in total. The monoisotopic (exact) mass is 903 g/mol. The van der Waals surface area contributed by atoms with Crippen molar-refractivity contribution in [1.82, 2.24) is 0 Å². The van der Waals surface area contributed by atoms with Crippen molar-refractivity contribution in [1.29, 1.82) is 0 Å². The molecule has 0 aromatic carbocycles. The Kier molecular flexibility index (Phi) is 34.9. The fourth-order valence-electron chi connectivity index (χ4n) is 7.57. The van der Waals surface area contributed by atoms with Crippen molar-refractivity contribution in [2.75, 3.05) is 26.4 Å². The standard InChI is InChI=1S/C48H87O13P/c1-4-5-22-28-40(50)32-33-44-43(45(52)34-46(44)53)29-24-20-21-25-30-47(54)58-37-42(38-60-62(56,57)59-36-41(51)35-49)61-48(55)31-26-19-17-15-13-11-9-7-6-8-10-12-14-16-18-23-27-39(2)3/h20,24,32-33,39-44,46,49-51,53H,4-19,21-23,25-31,34-38H2,1-3H3,(H,56,57)/b24-20-,33-32+/t40-,41-,42+,43+,44+,46+/m0/s1. The number of phosphoric ester groups is 1. The Hall–Kier alpha value is -1.96. The molecule has 362 valence electrons. The van der Waals surface area contributed by atoms with Crippen molar-refractivity contribution in [2.24, 2.45) is 17.8 Å². The third-order valence-corrected chi connectivity index (χ3v) is 12.4. The predicted octanol–water partition coefficient (Wildman–Crippen LogP) is 9.79. The molecule has 1 saturated carbocycles. The molecule has 0 amide bonds. The highest BCUT2D eigenvalue weighted by molar-refractivity contribution is 7.47. The molecule has 1 fully saturated rings. The van der Waals surface area contributed by atoms with Gasteiger partial charge in [-0.15, -0.1) is 0 Å². The Bertz CT molecular complexity index is 1260. The second kappa shape index (κ2) is 37.3. The number of ketones is 1. The summed E-state index contributed by atoms with van der Waals surface area (Å²) in [5.41, 5.74) is 0.